The number of allylic oxidation sites excluding steroid dienone is 1. The van der Waals surface area contributed by atoms with E-state index in [0.29, 0.717) is 38.4 Å². The molecule has 1 aliphatic heterocycles. The summed E-state index contributed by atoms with van der Waals surface area (Å²) in [6.45, 7) is 5.37. The molecule has 1 heterocycles. The first-order valence-electron chi connectivity index (χ1n) is 10.1. The third-order valence-corrected chi connectivity index (χ3v) is 5.34. The molecule has 0 saturated heterocycles. The maximum atomic E-state index is 13.3. The van der Waals surface area contributed by atoms with Crippen LogP contribution in [0.25, 0.3) is 0 Å². The number of hydrogen-bond acceptors (Lipinski definition) is 5. The molecule has 2 aromatic rings. The molecular weight excluding hydrogens is 450 g/mol. The van der Waals surface area contributed by atoms with Crippen LogP contribution >= 0.6 is 23.8 Å². The molecule has 0 radical (unpaired) electrons. The van der Waals surface area contributed by atoms with Crippen LogP contribution in [0.5, 0.6) is 5.75 Å². The normalized spacial score (nSPS) is 16.5. The van der Waals surface area contributed by atoms with Gasteiger partial charge in [-0.25, -0.2) is 4.79 Å². The highest BCUT2D eigenvalue weighted by Gasteiger charge is 2.32. The molecular formula is C23H24ClN3O4S. The average molecular weight is 474 g/mol. The number of nitrogens with one attached hydrogen (secondary N) is 3. The zero-order chi connectivity index (χ0) is 23.3. The van der Waals surface area contributed by atoms with Crippen molar-refractivity contribution < 1.29 is 19.1 Å². The Morgan fingerprint density at radius 3 is 2.59 bits per heavy atom. The van der Waals surface area contributed by atoms with E-state index in [-0.39, 0.29) is 12.5 Å². The number of ether oxygens (including phenoxy) is 2. The molecule has 0 aliphatic carbocycles. The number of halogens is 1. The molecule has 0 unspecified atom stereocenters. The van der Waals surface area contributed by atoms with Gasteiger partial charge < -0.3 is 25.4 Å². The van der Waals surface area contributed by atoms with Gasteiger partial charge in [0, 0.05) is 11.3 Å². The molecule has 0 spiro atoms. The van der Waals surface area contributed by atoms with E-state index >= 15 is 0 Å². The predicted molar refractivity (Wildman–Crippen MR) is 128 cm³/mol. The van der Waals surface area contributed by atoms with Gasteiger partial charge >= 0.3 is 5.97 Å². The summed E-state index contributed by atoms with van der Waals surface area (Å²) in [4.78, 5) is 25.3. The van der Waals surface area contributed by atoms with Crippen molar-refractivity contribution in [2.75, 3.05) is 11.9 Å². The number of anilines is 1. The summed E-state index contributed by atoms with van der Waals surface area (Å²) in [5.74, 6) is -0.387. The first kappa shape index (κ1) is 23.6. The molecule has 0 bridgehead atoms. The van der Waals surface area contributed by atoms with Crippen molar-refractivity contribution in [3.05, 3.63) is 70.4 Å². The minimum Gasteiger partial charge on any atom is -0.479 e. The van der Waals surface area contributed by atoms with Gasteiger partial charge in [-0.15, -0.1) is 0 Å². The van der Waals surface area contributed by atoms with Crippen LogP contribution in [0.2, 0.25) is 5.02 Å². The smallest absolute Gasteiger partial charge is 0.347 e. The van der Waals surface area contributed by atoms with Gasteiger partial charge in [0.2, 0.25) is 0 Å². The quantitative estimate of drug-likeness (QED) is 0.412. The third kappa shape index (κ3) is 5.38. The Kier molecular flexibility index (Phi) is 7.71. The van der Waals surface area contributed by atoms with Crippen molar-refractivity contribution >= 4 is 46.5 Å². The van der Waals surface area contributed by atoms with Gasteiger partial charge in [0.1, 0.15) is 5.75 Å². The van der Waals surface area contributed by atoms with Gasteiger partial charge in [-0.1, -0.05) is 41.9 Å². The summed E-state index contributed by atoms with van der Waals surface area (Å²) in [6, 6.07) is 13.5. The SMILES string of the molecule is CCOC(=O)[C@H](C)Oc1ccccc1[C@@H]1NC(=S)NC(C)=C1C(=O)Nc1ccccc1Cl. The van der Waals surface area contributed by atoms with E-state index in [1.54, 1.807) is 57.2 Å². The standard InChI is InChI=1S/C23H24ClN3O4S/c1-4-30-22(29)14(3)31-18-12-8-5-9-15(18)20-19(13(2)25-23(32)27-20)21(28)26-17-11-7-6-10-16(17)24/h5-12,14,20H,4H2,1-3H3,(H,26,28)(H2,25,27,32)/t14-,20-/m0/s1. The van der Waals surface area contributed by atoms with E-state index in [0.717, 1.165) is 0 Å². The number of rotatable bonds is 7. The van der Waals surface area contributed by atoms with Gasteiger partial charge in [0.05, 0.1) is 28.9 Å². The molecule has 0 fully saturated rings. The second kappa shape index (κ2) is 10.5. The number of amides is 1. The Bertz CT molecular complexity index is 1070. The molecule has 1 amide bonds. The zero-order valence-corrected chi connectivity index (χ0v) is 19.5. The lowest BCUT2D eigenvalue weighted by molar-refractivity contribution is -0.150. The van der Waals surface area contributed by atoms with Crippen molar-refractivity contribution in [3.8, 4) is 5.75 Å². The predicted octanol–water partition coefficient (Wildman–Crippen LogP) is 4.10. The van der Waals surface area contributed by atoms with Gasteiger partial charge in [-0.05, 0) is 51.2 Å². The average Bonchev–Trinajstić information content (AvgIpc) is 2.75. The number of carbonyl (C=O) groups excluding carboxylic acids is 2. The van der Waals surface area contributed by atoms with Gasteiger partial charge in [-0.2, -0.15) is 0 Å². The van der Waals surface area contributed by atoms with Crippen molar-refractivity contribution in [3.63, 3.8) is 0 Å². The van der Waals surface area contributed by atoms with Crippen LogP contribution in [0.4, 0.5) is 5.69 Å². The Hall–Kier alpha value is -3.10. The van der Waals surface area contributed by atoms with Crippen LogP contribution in [0.15, 0.2) is 59.8 Å². The Morgan fingerprint density at radius 2 is 1.88 bits per heavy atom. The highest BCUT2D eigenvalue weighted by molar-refractivity contribution is 7.80. The molecule has 168 valence electrons. The fourth-order valence-corrected chi connectivity index (χ4v) is 3.76. The molecule has 9 heteroatoms. The molecule has 2 atom stereocenters. The second-order valence-electron chi connectivity index (χ2n) is 7.05. The van der Waals surface area contributed by atoms with Crippen LogP contribution in [-0.2, 0) is 14.3 Å². The lowest BCUT2D eigenvalue weighted by atomic mass is 9.94. The first-order chi connectivity index (χ1) is 15.3. The molecule has 3 rings (SSSR count). The molecule has 3 N–H and O–H groups in total. The maximum absolute atomic E-state index is 13.3. The second-order valence-corrected chi connectivity index (χ2v) is 7.87. The van der Waals surface area contributed by atoms with E-state index in [1.165, 1.54) is 0 Å². The topological polar surface area (TPSA) is 88.7 Å². The molecule has 2 aromatic carbocycles. The summed E-state index contributed by atoms with van der Waals surface area (Å²) >= 11 is 11.5. The summed E-state index contributed by atoms with van der Waals surface area (Å²) < 4.78 is 10.9. The van der Waals surface area contributed by atoms with E-state index in [1.807, 2.05) is 12.1 Å². The van der Waals surface area contributed by atoms with E-state index in [2.05, 4.69) is 16.0 Å². The number of para-hydroxylation sites is 2. The molecule has 0 aromatic heterocycles. The highest BCUT2D eigenvalue weighted by atomic mass is 35.5. The monoisotopic (exact) mass is 473 g/mol. The maximum Gasteiger partial charge on any atom is 0.347 e. The van der Waals surface area contributed by atoms with Gasteiger partial charge in [0.25, 0.3) is 5.91 Å². The lowest BCUT2D eigenvalue weighted by Crippen LogP contribution is -2.46. The first-order valence-corrected chi connectivity index (χ1v) is 10.9. The molecule has 7 nitrogen and oxygen atoms in total. The summed E-state index contributed by atoms with van der Waals surface area (Å²) in [6.07, 6.45) is -0.824. The van der Waals surface area contributed by atoms with Gasteiger partial charge in [-0.3, -0.25) is 4.79 Å². The van der Waals surface area contributed by atoms with Crippen molar-refractivity contribution in [1.82, 2.24) is 10.6 Å². The minimum atomic E-state index is -0.824. The molecule has 0 saturated carbocycles. The Labute approximate surface area is 197 Å². The number of carbonyl (C=O) groups is 2. The molecule has 1 aliphatic rings. The van der Waals surface area contributed by atoms with Gasteiger partial charge in [0.15, 0.2) is 11.2 Å². The van der Waals surface area contributed by atoms with E-state index in [4.69, 9.17) is 33.3 Å². The number of esters is 1. The Morgan fingerprint density at radius 1 is 1.19 bits per heavy atom. The number of benzene rings is 2. The van der Waals surface area contributed by atoms with Crippen molar-refractivity contribution in [1.29, 1.82) is 0 Å². The number of hydrogen-bond donors (Lipinski definition) is 3. The highest BCUT2D eigenvalue weighted by Crippen LogP contribution is 2.34. The number of thiocarbonyl (C=S) groups is 1. The van der Waals surface area contributed by atoms with E-state index < -0.39 is 18.1 Å². The largest absolute Gasteiger partial charge is 0.479 e. The summed E-state index contributed by atoms with van der Waals surface area (Å²) in [7, 11) is 0. The fraction of sp³-hybridized carbons (Fsp3) is 0.261. The fourth-order valence-electron chi connectivity index (χ4n) is 3.30. The summed E-state index contributed by atoms with van der Waals surface area (Å²) in [5.41, 5.74) is 2.15. The van der Waals surface area contributed by atoms with Crippen molar-refractivity contribution in [2.45, 2.75) is 32.9 Å². The van der Waals surface area contributed by atoms with Crippen molar-refractivity contribution in [2.24, 2.45) is 0 Å². The van der Waals surface area contributed by atoms with E-state index in [9.17, 15) is 9.59 Å². The van der Waals surface area contributed by atoms with Crippen LogP contribution in [0, 0.1) is 0 Å². The zero-order valence-electron chi connectivity index (χ0n) is 17.9. The van der Waals surface area contributed by atoms with Crippen LogP contribution in [-0.4, -0.2) is 29.7 Å². The van der Waals surface area contributed by atoms with Crippen LogP contribution in [0.3, 0.4) is 0 Å². The van der Waals surface area contributed by atoms with Crippen LogP contribution in [0.1, 0.15) is 32.4 Å². The summed E-state index contributed by atoms with van der Waals surface area (Å²) in [5, 5.41) is 9.78. The molecule has 32 heavy (non-hydrogen) atoms. The third-order valence-electron chi connectivity index (χ3n) is 4.79. The minimum absolute atomic E-state index is 0.257. The van der Waals surface area contributed by atoms with Crippen LogP contribution < -0.4 is 20.7 Å². The Balaban J connectivity index is 1.96. The lowest BCUT2D eigenvalue weighted by Gasteiger charge is -2.31.